The van der Waals surface area contributed by atoms with E-state index in [9.17, 15) is 4.79 Å². The Morgan fingerprint density at radius 1 is 1.21 bits per heavy atom. The molecule has 0 aliphatic carbocycles. The number of hydrogen-bond donors (Lipinski definition) is 1. The van der Waals surface area contributed by atoms with Gasteiger partial charge in [0.1, 0.15) is 0 Å². The number of ether oxygens (including phenoxy) is 2. The Balaban J connectivity index is 2.03. The highest BCUT2D eigenvalue weighted by atomic mass is 79.9. The topological polar surface area (TPSA) is 47.6 Å². The minimum atomic E-state index is -0.196. The molecule has 0 spiro atoms. The molecule has 2 rings (SSSR count). The molecule has 1 N–H and O–H groups in total. The highest BCUT2D eigenvalue weighted by Crippen LogP contribution is 2.28. The van der Waals surface area contributed by atoms with Gasteiger partial charge in [0, 0.05) is 16.2 Å². The van der Waals surface area contributed by atoms with Crippen molar-refractivity contribution in [3.8, 4) is 11.5 Å². The van der Waals surface area contributed by atoms with Crippen LogP contribution in [0.3, 0.4) is 0 Å². The summed E-state index contributed by atoms with van der Waals surface area (Å²) < 4.78 is 11.9. The fourth-order valence-corrected chi connectivity index (χ4v) is 2.44. The maximum atomic E-state index is 12.0. The Bertz CT molecular complexity index is 728. The fourth-order valence-electron chi connectivity index (χ4n) is 2.04. The lowest BCUT2D eigenvalue weighted by Gasteiger charge is -2.10. The fraction of sp³-hybridized carbons (Fsp3) is 0.211. The van der Waals surface area contributed by atoms with Gasteiger partial charge in [-0.25, -0.2) is 0 Å². The largest absolute Gasteiger partial charge is 0.493 e. The number of rotatable bonds is 7. The molecule has 0 aromatic heterocycles. The van der Waals surface area contributed by atoms with Gasteiger partial charge in [-0.2, -0.15) is 0 Å². The van der Waals surface area contributed by atoms with Crippen LogP contribution >= 0.6 is 15.9 Å². The van der Waals surface area contributed by atoms with E-state index in [2.05, 4.69) is 21.2 Å². The van der Waals surface area contributed by atoms with Crippen molar-refractivity contribution in [1.29, 1.82) is 0 Å². The van der Waals surface area contributed by atoms with Crippen LogP contribution < -0.4 is 14.8 Å². The molecular weight excluding hydrogens is 370 g/mol. The first-order valence-electron chi connectivity index (χ1n) is 7.68. The van der Waals surface area contributed by atoms with Gasteiger partial charge in [-0.15, -0.1) is 0 Å². The lowest BCUT2D eigenvalue weighted by Crippen LogP contribution is -2.07. The molecule has 4 nitrogen and oxygen atoms in total. The molecule has 2 aromatic rings. The van der Waals surface area contributed by atoms with E-state index < -0.39 is 0 Å². The number of amides is 1. The van der Waals surface area contributed by atoms with E-state index in [1.807, 2.05) is 49.4 Å². The van der Waals surface area contributed by atoms with E-state index in [1.54, 1.807) is 13.2 Å². The number of halogens is 1. The maximum Gasteiger partial charge on any atom is 0.248 e. The third-order valence-corrected chi connectivity index (χ3v) is 3.66. The van der Waals surface area contributed by atoms with Crippen molar-refractivity contribution in [3.63, 3.8) is 0 Å². The molecule has 2 aromatic carbocycles. The van der Waals surface area contributed by atoms with Gasteiger partial charge >= 0.3 is 0 Å². The summed E-state index contributed by atoms with van der Waals surface area (Å²) in [5.41, 5.74) is 1.60. The van der Waals surface area contributed by atoms with Gasteiger partial charge in [0.05, 0.1) is 13.7 Å². The lowest BCUT2D eigenvalue weighted by molar-refractivity contribution is -0.111. The molecule has 24 heavy (non-hydrogen) atoms. The molecule has 5 heteroatoms. The van der Waals surface area contributed by atoms with Crippen LogP contribution in [0.4, 0.5) is 5.69 Å². The number of methoxy groups -OCH3 is 1. The average Bonchev–Trinajstić information content (AvgIpc) is 2.58. The van der Waals surface area contributed by atoms with Crippen LogP contribution in [0.15, 0.2) is 53.0 Å². The SMILES string of the molecule is CCCOc1ccc(/C=C/C(=O)Nc2cccc(Br)c2)cc1OC. The normalized spacial score (nSPS) is 10.6. The predicted molar refractivity (Wildman–Crippen MR) is 101 cm³/mol. The van der Waals surface area contributed by atoms with E-state index in [0.29, 0.717) is 18.1 Å². The summed E-state index contributed by atoms with van der Waals surface area (Å²) in [7, 11) is 1.60. The Morgan fingerprint density at radius 3 is 2.75 bits per heavy atom. The van der Waals surface area contributed by atoms with E-state index in [1.165, 1.54) is 6.08 Å². The monoisotopic (exact) mass is 389 g/mol. The zero-order valence-electron chi connectivity index (χ0n) is 13.7. The van der Waals surface area contributed by atoms with Crippen molar-refractivity contribution >= 4 is 33.6 Å². The summed E-state index contributed by atoms with van der Waals surface area (Å²) in [6.07, 6.45) is 4.16. The first-order chi connectivity index (χ1) is 11.6. The van der Waals surface area contributed by atoms with Crippen molar-refractivity contribution in [1.82, 2.24) is 0 Å². The van der Waals surface area contributed by atoms with E-state index >= 15 is 0 Å². The first-order valence-corrected chi connectivity index (χ1v) is 8.47. The van der Waals surface area contributed by atoms with Crippen molar-refractivity contribution < 1.29 is 14.3 Å². The van der Waals surface area contributed by atoms with Crippen molar-refractivity contribution in [3.05, 3.63) is 58.6 Å². The quantitative estimate of drug-likeness (QED) is 0.685. The summed E-state index contributed by atoms with van der Waals surface area (Å²) >= 11 is 3.37. The summed E-state index contributed by atoms with van der Waals surface area (Å²) in [6.45, 7) is 2.69. The molecule has 0 unspecified atom stereocenters. The van der Waals surface area contributed by atoms with Crippen LogP contribution in [-0.4, -0.2) is 19.6 Å². The Hall–Kier alpha value is -2.27. The zero-order valence-corrected chi connectivity index (χ0v) is 15.3. The molecule has 0 saturated carbocycles. The number of anilines is 1. The summed E-state index contributed by atoms with van der Waals surface area (Å²) in [4.78, 5) is 12.0. The highest BCUT2D eigenvalue weighted by molar-refractivity contribution is 9.10. The third kappa shape index (κ3) is 5.42. The smallest absolute Gasteiger partial charge is 0.248 e. The van der Waals surface area contributed by atoms with Crippen LogP contribution in [0.2, 0.25) is 0 Å². The van der Waals surface area contributed by atoms with Gasteiger partial charge in [0.2, 0.25) is 5.91 Å². The Morgan fingerprint density at radius 2 is 2.04 bits per heavy atom. The molecule has 0 heterocycles. The molecule has 0 aliphatic heterocycles. The van der Waals surface area contributed by atoms with Crippen LogP contribution in [0.5, 0.6) is 11.5 Å². The van der Waals surface area contributed by atoms with Gasteiger partial charge in [-0.1, -0.05) is 35.0 Å². The van der Waals surface area contributed by atoms with Gasteiger partial charge in [0.25, 0.3) is 0 Å². The molecular formula is C19H20BrNO3. The van der Waals surface area contributed by atoms with Crippen LogP contribution in [0.25, 0.3) is 6.08 Å². The molecule has 1 amide bonds. The van der Waals surface area contributed by atoms with Crippen molar-refractivity contribution in [2.45, 2.75) is 13.3 Å². The average molecular weight is 390 g/mol. The second kappa shape index (κ2) is 9.13. The molecule has 0 aliphatic rings. The molecule has 0 bridgehead atoms. The van der Waals surface area contributed by atoms with Crippen molar-refractivity contribution in [2.75, 3.05) is 19.0 Å². The number of benzene rings is 2. The van der Waals surface area contributed by atoms with Gasteiger partial charge in [-0.05, 0) is 48.4 Å². The summed E-state index contributed by atoms with van der Waals surface area (Å²) in [5.74, 6) is 1.16. The highest BCUT2D eigenvalue weighted by Gasteiger charge is 2.05. The zero-order chi connectivity index (χ0) is 17.4. The van der Waals surface area contributed by atoms with Gasteiger partial charge in [-0.3, -0.25) is 4.79 Å². The summed E-state index contributed by atoms with van der Waals surface area (Å²) in [5, 5.41) is 2.81. The van der Waals surface area contributed by atoms with E-state index in [4.69, 9.17) is 9.47 Å². The minimum Gasteiger partial charge on any atom is -0.493 e. The first kappa shape index (κ1) is 18.1. The maximum absolute atomic E-state index is 12.0. The van der Waals surface area contributed by atoms with Crippen LogP contribution in [0, 0.1) is 0 Å². The third-order valence-electron chi connectivity index (χ3n) is 3.17. The van der Waals surface area contributed by atoms with Crippen molar-refractivity contribution in [2.24, 2.45) is 0 Å². The Labute approximate surface area is 150 Å². The second-order valence-electron chi connectivity index (χ2n) is 5.09. The van der Waals surface area contributed by atoms with Crippen LogP contribution in [-0.2, 0) is 4.79 Å². The standard InChI is InChI=1S/C19H20BrNO3/c1-3-11-24-17-9-7-14(12-18(17)23-2)8-10-19(22)21-16-6-4-5-15(20)13-16/h4-10,12-13H,3,11H2,1-2H3,(H,21,22)/b10-8+. The van der Waals surface area contributed by atoms with E-state index in [-0.39, 0.29) is 5.91 Å². The Kier molecular flexibility index (Phi) is 6.88. The molecule has 0 atom stereocenters. The predicted octanol–water partition coefficient (Wildman–Crippen LogP) is 4.90. The second-order valence-corrected chi connectivity index (χ2v) is 6.01. The molecule has 126 valence electrons. The van der Waals surface area contributed by atoms with E-state index in [0.717, 1.165) is 22.1 Å². The number of carbonyl (C=O) groups is 1. The lowest BCUT2D eigenvalue weighted by atomic mass is 10.2. The number of carbonyl (C=O) groups excluding carboxylic acids is 1. The number of nitrogens with one attached hydrogen (secondary N) is 1. The van der Waals surface area contributed by atoms with Crippen LogP contribution in [0.1, 0.15) is 18.9 Å². The molecule has 0 fully saturated rings. The molecule has 0 saturated heterocycles. The summed E-state index contributed by atoms with van der Waals surface area (Å²) in [6, 6.07) is 13.0. The van der Waals surface area contributed by atoms with Gasteiger partial charge < -0.3 is 14.8 Å². The molecule has 0 radical (unpaired) electrons. The number of hydrogen-bond acceptors (Lipinski definition) is 3. The minimum absolute atomic E-state index is 0.196. The van der Waals surface area contributed by atoms with Gasteiger partial charge in [0.15, 0.2) is 11.5 Å².